The summed E-state index contributed by atoms with van der Waals surface area (Å²) in [4.78, 5) is 52.4. The molecule has 0 aliphatic carbocycles. The van der Waals surface area contributed by atoms with Crippen LogP contribution < -0.4 is 47.4 Å². The van der Waals surface area contributed by atoms with E-state index in [0.29, 0.717) is 70.6 Å². The van der Waals surface area contributed by atoms with Gasteiger partial charge < -0.3 is 47.4 Å². The lowest BCUT2D eigenvalue weighted by Crippen LogP contribution is -2.15. The number of nitrogens with zero attached hydrogens (tertiary/aromatic N) is 3. The van der Waals surface area contributed by atoms with E-state index >= 15 is 0 Å². The van der Waals surface area contributed by atoms with Crippen molar-refractivity contribution in [1.29, 1.82) is 0 Å². The van der Waals surface area contributed by atoms with Gasteiger partial charge in [-0.15, -0.1) is 0 Å². The van der Waals surface area contributed by atoms with Crippen molar-refractivity contribution in [1.82, 2.24) is 15.0 Å². The third kappa shape index (κ3) is 16.8. The first kappa shape index (κ1) is 64.4. The van der Waals surface area contributed by atoms with Crippen molar-refractivity contribution in [3.8, 4) is 17.2 Å². The normalized spacial score (nSPS) is 10.8. The summed E-state index contributed by atoms with van der Waals surface area (Å²) in [6.07, 6.45) is 2.96. The lowest BCUT2D eigenvalue weighted by atomic mass is 10.1. The van der Waals surface area contributed by atoms with Crippen LogP contribution >= 0.6 is 0 Å². The number of amides is 3. The summed E-state index contributed by atoms with van der Waals surface area (Å²) in [6, 6.07) is 68.5. The number of benzene rings is 9. The van der Waals surface area contributed by atoms with Crippen LogP contribution in [0.3, 0.4) is 0 Å². The molecule has 0 saturated heterocycles. The highest BCUT2D eigenvalue weighted by Crippen LogP contribution is 2.29. The third-order valence-corrected chi connectivity index (χ3v) is 15.6. The van der Waals surface area contributed by atoms with E-state index < -0.39 is 0 Å². The molecule has 0 unspecified atom stereocenters. The van der Waals surface area contributed by atoms with Crippen LogP contribution in [0.25, 0.3) is 32.7 Å². The second-order valence-corrected chi connectivity index (χ2v) is 22.4. The predicted molar refractivity (Wildman–Crippen MR) is 376 cm³/mol. The Hall–Kier alpha value is -11.6. The predicted octanol–water partition coefficient (Wildman–Crippen LogP) is 16.6. The van der Waals surface area contributed by atoms with Crippen LogP contribution in [0.1, 0.15) is 102 Å². The molecule has 3 amide bonds. The number of nitrogen functional groups attached to an aromatic ring is 3. The summed E-state index contributed by atoms with van der Waals surface area (Å²) >= 11 is 0. The summed E-state index contributed by atoms with van der Waals surface area (Å²) in [7, 11) is 0. The Balaban J connectivity index is 0.000000153. The highest BCUT2D eigenvalue weighted by Gasteiger charge is 2.17. The smallest absolute Gasteiger partial charge is 0.256 e. The molecular formula is C78H75N9O6. The molecule has 0 atom stereocenters. The number of hydrogen-bond acceptors (Lipinski definition) is 12. The molecule has 9 aromatic carbocycles. The van der Waals surface area contributed by atoms with Crippen LogP contribution in [0, 0.1) is 20.8 Å². The number of rotatable bonds is 18. The first-order chi connectivity index (χ1) is 45.1. The number of aromatic nitrogens is 3. The Morgan fingerprint density at radius 1 is 0.344 bits per heavy atom. The van der Waals surface area contributed by atoms with Gasteiger partial charge in [-0.2, -0.15) is 0 Å². The maximum Gasteiger partial charge on any atom is 0.256 e. The number of hydrogen-bond donors (Lipinski definition) is 6. The SMILES string of the molecule is CCc1ccc(OCc2ccccc2C(=O)Nc2ccc3nc(C)cc(N)c3c2)cc1.CCc1ccc(OCc2ccccc2C(=O)Nc2ccc3nc(C)cc(N)c3c2)cc1.CCc1ccc(OCc2ccccc2C(=O)Nc2ccc3nc(C)cc(N)c3c2)cc1. The fourth-order valence-corrected chi connectivity index (χ4v) is 10.5. The van der Waals surface area contributed by atoms with Crippen molar-refractivity contribution in [2.24, 2.45) is 0 Å². The molecule has 0 bridgehead atoms. The Bertz CT molecular complexity index is 4170. The zero-order valence-electron chi connectivity index (χ0n) is 53.1. The van der Waals surface area contributed by atoms with Crippen LogP contribution in [0.4, 0.5) is 34.1 Å². The zero-order chi connectivity index (χ0) is 65.4. The van der Waals surface area contributed by atoms with Gasteiger partial charge >= 0.3 is 0 Å². The number of carbonyl (C=O) groups is 3. The Kier molecular flexibility index (Phi) is 21.0. The maximum absolute atomic E-state index is 13.0. The molecule has 15 heteroatoms. The molecule has 3 heterocycles. The molecule has 0 radical (unpaired) electrons. The molecule has 0 fully saturated rings. The fraction of sp³-hybridized carbons (Fsp3) is 0.154. The molecule has 12 rings (SSSR count). The van der Waals surface area contributed by atoms with E-state index in [2.05, 4.69) is 88.1 Å². The van der Waals surface area contributed by atoms with E-state index in [4.69, 9.17) is 31.4 Å². The monoisotopic (exact) mass is 1230 g/mol. The lowest BCUT2D eigenvalue weighted by molar-refractivity contribution is 0.101. The first-order valence-electron chi connectivity index (χ1n) is 30.9. The van der Waals surface area contributed by atoms with Gasteiger partial charge in [-0.3, -0.25) is 29.3 Å². The summed E-state index contributed by atoms with van der Waals surface area (Å²) in [6.45, 7) is 13.0. The summed E-state index contributed by atoms with van der Waals surface area (Å²) in [5, 5.41) is 11.4. The molecular weight excluding hydrogens is 1160 g/mol. The van der Waals surface area contributed by atoms with Crippen molar-refractivity contribution in [3.05, 3.63) is 286 Å². The lowest BCUT2D eigenvalue weighted by Gasteiger charge is -2.12. The van der Waals surface area contributed by atoms with Gasteiger partial charge in [-0.05, 0) is 184 Å². The Morgan fingerprint density at radius 2 is 0.602 bits per heavy atom. The highest BCUT2D eigenvalue weighted by molar-refractivity contribution is 6.08. The van der Waals surface area contributed by atoms with Crippen molar-refractivity contribution >= 4 is 84.6 Å². The van der Waals surface area contributed by atoms with E-state index in [1.807, 2.05) is 185 Å². The number of nitrogens with one attached hydrogen (secondary N) is 3. The van der Waals surface area contributed by atoms with Gasteiger partial charge in [0.05, 0.1) is 16.6 Å². The van der Waals surface area contributed by atoms with E-state index in [0.717, 1.165) is 103 Å². The number of fused-ring (bicyclic) bond motifs is 3. The molecule has 15 nitrogen and oxygen atoms in total. The van der Waals surface area contributed by atoms with Crippen molar-refractivity contribution < 1.29 is 28.6 Å². The third-order valence-electron chi connectivity index (χ3n) is 15.6. The molecule has 93 heavy (non-hydrogen) atoms. The summed E-state index contributed by atoms with van der Waals surface area (Å²) < 4.78 is 17.7. The van der Waals surface area contributed by atoms with E-state index in [1.165, 1.54) is 16.7 Å². The van der Waals surface area contributed by atoms with Crippen LogP contribution in [0.5, 0.6) is 17.2 Å². The van der Waals surface area contributed by atoms with Crippen molar-refractivity contribution in [2.45, 2.75) is 80.6 Å². The van der Waals surface area contributed by atoms with Gasteiger partial charge in [-0.25, -0.2) is 0 Å². The molecule has 0 aliphatic rings. The molecule has 0 aliphatic heterocycles. The quantitative estimate of drug-likeness (QED) is 0.0471. The van der Waals surface area contributed by atoms with Gasteiger partial charge in [0.2, 0.25) is 0 Å². The average Bonchev–Trinajstić information content (AvgIpc) is 0.881. The van der Waals surface area contributed by atoms with E-state index in [-0.39, 0.29) is 17.7 Å². The number of anilines is 6. The second kappa shape index (κ2) is 30.3. The second-order valence-electron chi connectivity index (χ2n) is 22.4. The van der Waals surface area contributed by atoms with Gasteiger partial charge in [0.15, 0.2) is 0 Å². The first-order valence-corrected chi connectivity index (χ1v) is 30.9. The summed E-state index contributed by atoms with van der Waals surface area (Å²) in [5.74, 6) is 1.75. The number of nitrogens with two attached hydrogens (primary N) is 3. The average molecular weight is 1230 g/mol. The molecule has 3 aromatic heterocycles. The minimum atomic E-state index is -0.196. The van der Waals surface area contributed by atoms with Crippen LogP contribution in [0.2, 0.25) is 0 Å². The van der Waals surface area contributed by atoms with E-state index in [9.17, 15) is 14.4 Å². The number of ether oxygens (including phenoxy) is 3. The van der Waals surface area contributed by atoms with Gasteiger partial charge in [-0.1, -0.05) is 112 Å². The molecule has 468 valence electrons. The van der Waals surface area contributed by atoms with Gasteiger partial charge in [0.1, 0.15) is 37.1 Å². The van der Waals surface area contributed by atoms with E-state index in [1.54, 1.807) is 18.2 Å². The van der Waals surface area contributed by atoms with Crippen LogP contribution in [0.15, 0.2) is 218 Å². The molecule has 9 N–H and O–H groups in total. The molecule has 12 aromatic rings. The minimum Gasteiger partial charge on any atom is -0.489 e. The standard InChI is InChI=1S/3C26H25N3O2/c3*1-3-18-8-11-21(12-9-18)31-16-19-6-4-5-7-22(19)26(30)29-20-10-13-25-23(15-20)24(27)14-17(2)28-25/h3*4-15H,3,16H2,1-2H3,(H2,27,28)(H,29,30). The number of pyridine rings is 3. The molecule has 0 spiro atoms. The minimum absolute atomic E-state index is 0.196. The molecule has 0 saturated carbocycles. The van der Waals surface area contributed by atoms with Gasteiger partial charge in [0.25, 0.3) is 17.7 Å². The topological polar surface area (TPSA) is 232 Å². The number of aryl methyl sites for hydroxylation is 6. The maximum atomic E-state index is 13.0. The fourth-order valence-electron chi connectivity index (χ4n) is 10.5. The van der Waals surface area contributed by atoms with Gasteiger partial charge in [0, 0.05) is 101 Å². The van der Waals surface area contributed by atoms with Crippen molar-refractivity contribution in [3.63, 3.8) is 0 Å². The largest absolute Gasteiger partial charge is 0.489 e. The zero-order valence-corrected chi connectivity index (χ0v) is 53.1. The van der Waals surface area contributed by atoms with Crippen LogP contribution in [-0.4, -0.2) is 32.7 Å². The van der Waals surface area contributed by atoms with Crippen molar-refractivity contribution in [2.75, 3.05) is 33.2 Å². The van der Waals surface area contributed by atoms with Crippen LogP contribution in [-0.2, 0) is 39.1 Å². The summed E-state index contributed by atoms with van der Waals surface area (Å²) in [5.41, 5.74) is 35.3. The Morgan fingerprint density at radius 3 is 0.860 bits per heavy atom. The highest BCUT2D eigenvalue weighted by atomic mass is 16.5. The Labute approximate surface area is 542 Å². The number of carbonyl (C=O) groups excluding carboxylic acids is 3.